The molecule has 0 radical (unpaired) electrons. The summed E-state index contributed by atoms with van der Waals surface area (Å²) in [4.78, 5) is 171. The van der Waals surface area contributed by atoms with Crippen LogP contribution in [-0.2, 0) is 68.7 Å². The molecule has 91 heavy (non-hydrogen) atoms. The SMILES string of the molecule is CC[C@@H](C)[C@@H](NC(=O)[C@@H](CCC(N)=O)NC(=O)[C@H](CO)NC(=O)[C@@H](NC(=O)[C@@H](Cc1ccccc1)NC)[C@@H](C)CC)C(=O)N[C@H](C(=O)N[C@@H](CO)C(=O)N[C@H]1C(=O)N[C@@H](CCCN=C(N)N)C(=O)N[C@@H]([C@@H](C)CC)C(=O)N[C@@H]([C@@H](C)CC)C(=O)O[C@H]1C)[C@@H](C)CC. The number of rotatable bonds is 36. The molecular formula is C61H103N15O15. The normalized spacial score (nSPS) is 21.1. The molecule has 1 aliphatic rings. The minimum Gasteiger partial charge on any atom is -0.458 e. The number of nitrogens with zero attached hydrogens (tertiary/aromatic N) is 1. The van der Waals surface area contributed by atoms with Crippen LogP contribution in [0.25, 0.3) is 0 Å². The Morgan fingerprint density at radius 3 is 1.49 bits per heavy atom. The summed E-state index contributed by atoms with van der Waals surface area (Å²) in [5.74, 6) is -13.9. The summed E-state index contributed by atoms with van der Waals surface area (Å²) in [6.07, 6.45) is -0.296. The van der Waals surface area contributed by atoms with Crippen LogP contribution in [0.4, 0.5) is 0 Å². The number of aliphatic hydroxyl groups is 2. The Morgan fingerprint density at radius 1 is 0.571 bits per heavy atom. The lowest BCUT2D eigenvalue weighted by Gasteiger charge is -2.31. The van der Waals surface area contributed by atoms with E-state index in [1.165, 1.54) is 6.92 Å². The first kappa shape index (κ1) is 79.1. The number of esters is 1. The van der Waals surface area contributed by atoms with Crippen molar-refractivity contribution in [1.82, 2.24) is 58.5 Å². The van der Waals surface area contributed by atoms with Crippen LogP contribution in [0.1, 0.15) is 140 Å². The number of primary amides is 1. The van der Waals surface area contributed by atoms with Gasteiger partial charge in [-0.25, -0.2) is 4.79 Å². The first-order valence-electron chi connectivity index (χ1n) is 31.5. The third-order valence-electron chi connectivity index (χ3n) is 16.8. The largest absolute Gasteiger partial charge is 0.458 e. The molecule has 1 fully saturated rings. The van der Waals surface area contributed by atoms with Gasteiger partial charge in [0, 0.05) is 13.0 Å². The fourth-order valence-electron chi connectivity index (χ4n) is 9.65. The average molecular weight is 1290 g/mol. The molecule has 11 amide bonds. The van der Waals surface area contributed by atoms with E-state index in [0.717, 1.165) is 5.56 Å². The number of ether oxygens (including phenoxy) is 1. The van der Waals surface area contributed by atoms with Crippen LogP contribution in [0.15, 0.2) is 35.3 Å². The Kier molecular flexibility index (Phi) is 34.8. The summed E-state index contributed by atoms with van der Waals surface area (Å²) in [6.45, 7) is 16.4. The topological polar surface area (TPSA) is 477 Å². The maximum Gasteiger partial charge on any atom is 0.329 e. The highest BCUT2D eigenvalue weighted by Gasteiger charge is 2.42. The lowest BCUT2D eigenvalue weighted by Crippen LogP contribution is -2.63. The van der Waals surface area contributed by atoms with Crippen LogP contribution in [0.2, 0.25) is 0 Å². The second-order valence-corrected chi connectivity index (χ2v) is 23.6. The molecule has 512 valence electrons. The van der Waals surface area contributed by atoms with E-state index in [2.05, 4.69) is 63.5 Å². The van der Waals surface area contributed by atoms with Crippen LogP contribution in [0.3, 0.4) is 0 Å². The Bertz CT molecular complexity index is 2630. The van der Waals surface area contributed by atoms with E-state index in [0.29, 0.717) is 25.7 Å². The standard InChI is InChI=1S/C61H103N15O15/c1-13-31(6)44(73-52(82)40(65-12)28-37-22-19-18-20-23-37)55(85)69-41(29-77)53(83)67-39(25-26-43(62)79)51(81)72-46(33(8)15-3)57(87)74-45(32(7)14-2)56(86)70-42(30-78)54(84)76-49-36(11)91-60(90)48(35(10)17-5)75-58(88)47(34(9)16-4)71-50(80)38(68-59(49)89)24-21-27-66-61(63)64/h18-20,22-23,31-36,38-42,44-49,65,77-78H,13-17,21,24-30H2,1-12H3,(H2,62,79)(H,67,83)(H,68,89)(H,69,85)(H,70,86)(H,71,80)(H,72,81)(H,73,82)(H,74,87)(H,75,88)(H,76,84)(H4,63,64,66)/t31-,32-,33+,34-,35-,36-,38-,39+,40+,41-,42-,44-,45-,46+,47-,48-,49+/m0/s1. The van der Waals surface area contributed by atoms with E-state index in [9.17, 15) is 67.7 Å². The number of nitrogens with two attached hydrogens (primary N) is 3. The van der Waals surface area contributed by atoms with E-state index in [4.69, 9.17) is 21.9 Å². The van der Waals surface area contributed by atoms with E-state index < -0.39 is 199 Å². The van der Waals surface area contributed by atoms with Crippen molar-refractivity contribution in [1.29, 1.82) is 0 Å². The number of guanidine groups is 1. The molecule has 1 aromatic carbocycles. The van der Waals surface area contributed by atoms with Crippen molar-refractivity contribution in [3.63, 3.8) is 0 Å². The molecule has 1 aliphatic heterocycles. The average Bonchev–Trinajstić information content (AvgIpc) is 2.49. The van der Waals surface area contributed by atoms with Crippen molar-refractivity contribution in [2.24, 2.45) is 51.8 Å². The van der Waals surface area contributed by atoms with E-state index in [1.54, 1.807) is 76.3 Å². The number of cyclic esters (lactones) is 1. The predicted molar refractivity (Wildman–Crippen MR) is 338 cm³/mol. The molecule has 0 saturated carbocycles. The van der Waals surface area contributed by atoms with Crippen LogP contribution >= 0.6 is 0 Å². The highest BCUT2D eigenvalue weighted by molar-refractivity contribution is 6.00. The minimum absolute atomic E-state index is 0.0407. The van der Waals surface area contributed by atoms with Crippen molar-refractivity contribution < 1.29 is 72.5 Å². The molecule has 0 unspecified atom stereocenters. The highest BCUT2D eigenvalue weighted by Crippen LogP contribution is 2.19. The lowest BCUT2D eigenvalue weighted by atomic mass is 9.94. The number of benzene rings is 1. The third kappa shape index (κ3) is 25.3. The lowest BCUT2D eigenvalue weighted by molar-refractivity contribution is -0.157. The number of nitrogens with one attached hydrogen (secondary N) is 11. The molecule has 17 atom stereocenters. The molecule has 1 saturated heterocycles. The van der Waals surface area contributed by atoms with Crippen LogP contribution in [0.5, 0.6) is 0 Å². The highest BCUT2D eigenvalue weighted by atomic mass is 16.5. The molecule has 0 spiro atoms. The Hall–Kier alpha value is -7.99. The van der Waals surface area contributed by atoms with E-state index in [1.807, 2.05) is 30.3 Å². The maximum atomic E-state index is 14.5. The van der Waals surface area contributed by atoms with Gasteiger partial charge in [0.25, 0.3) is 0 Å². The second kappa shape index (κ2) is 40.0. The first-order valence-corrected chi connectivity index (χ1v) is 31.5. The van der Waals surface area contributed by atoms with Crippen molar-refractivity contribution in [2.75, 3.05) is 26.8 Å². The van der Waals surface area contributed by atoms with Crippen LogP contribution in [0, 0.1) is 29.6 Å². The van der Waals surface area contributed by atoms with E-state index >= 15 is 0 Å². The van der Waals surface area contributed by atoms with Crippen LogP contribution in [-0.4, -0.2) is 186 Å². The van der Waals surface area contributed by atoms with Crippen molar-refractivity contribution in [3.05, 3.63) is 35.9 Å². The molecule has 30 nitrogen and oxygen atoms in total. The summed E-state index contributed by atoms with van der Waals surface area (Å²) in [6, 6.07) is -6.43. The minimum atomic E-state index is -1.85. The number of hydrogen-bond donors (Lipinski definition) is 16. The predicted octanol–water partition coefficient (Wildman–Crippen LogP) is -2.86. The van der Waals surface area contributed by atoms with Crippen molar-refractivity contribution in [2.45, 2.75) is 213 Å². The van der Waals surface area contributed by atoms with Gasteiger partial charge in [0.05, 0.1) is 19.3 Å². The Morgan fingerprint density at radius 2 is 1.02 bits per heavy atom. The Balaban J connectivity index is 2.49. The van der Waals surface area contributed by atoms with Gasteiger partial charge in [-0.1, -0.05) is 132 Å². The van der Waals surface area contributed by atoms with Crippen LogP contribution < -0.4 is 75.7 Å². The van der Waals surface area contributed by atoms with Gasteiger partial charge in [-0.05, 0) is 74.8 Å². The molecule has 0 aliphatic carbocycles. The summed E-state index contributed by atoms with van der Waals surface area (Å²) in [7, 11) is 1.60. The quantitative estimate of drug-likeness (QED) is 0.0139. The number of hydrogen-bond acceptors (Lipinski definition) is 17. The van der Waals surface area contributed by atoms with Gasteiger partial charge in [-0.2, -0.15) is 0 Å². The number of likely N-dealkylation sites (N-methyl/N-ethyl adjacent to an activating group) is 1. The van der Waals surface area contributed by atoms with Gasteiger partial charge in [0.2, 0.25) is 65.0 Å². The smallest absolute Gasteiger partial charge is 0.329 e. The van der Waals surface area contributed by atoms with Gasteiger partial charge in [-0.3, -0.25) is 57.7 Å². The van der Waals surface area contributed by atoms with Crippen molar-refractivity contribution in [3.8, 4) is 0 Å². The zero-order chi connectivity index (χ0) is 68.8. The Labute approximate surface area is 533 Å². The van der Waals surface area contributed by atoms with Gasteiger partial charge in [0.1, 0.15) is 66.5 Å². The summed E-state index contributed by atoms with van der Waals surface area (Å²) < 4.78 is 5.79. The van der Waals surface area contributed by atoms with Gasteiger partial charge in [-0.15, -0.1) is 0 Å². The van der Waals surface area contributed by atoms with E-state index in [-0.39, 0.29) is 38.2 Å². The van der Waals surface area contributed by atoms with Crippen molar-refractivity contribution >= 4 is 76.9 Å². The fraction of sp³-hybridized carbons (Fsp3) is 0.689. The molecule has 30 heteroatoms. The number of carbonyl (C=O) groups is 12. The maximum absolute atomic E-state index is 14.5. The molecule has 1 aromatic rings. The molecule has 0 bridgehead atoms. The van der Waals surface area contributed by atoms with Gasteiger partial charge >= 0.3 is 5.97 Å². The summed E-state index contributed by atoms with van der Waals surface area (Å²) in [5.41, 5.74) is 17.3. The third-order valence-corrected chi connectivity index (χ3v) is 16.8. The monoisotopic (exact) mass is 1290 g/mol. The molecule has 0 aromatic heterocycles. The molecule has 19 N–H and O–H groups in total. The van der Waals surface area contributed by atoms with Gasteiger partial charge in [0.15, 0.2) is 5.96 Å². The molecular weight excluding hydrogens is 1180 g/mol. The second-order valence-electron chi connectivity index (χ2n) is 23.6. The number of carbonyl (C=O) groups excluding carboxylic acids is 12. The zero-order valence-electron chi connectivity index (χ0n) is 54.8. The fourth-order valence-corrected chi connectivity index (χ4v) is 9.65. The summed E-state index contributed by atoms with van der Waals surface area (Å²) >= 11 is 0. The molecule has 2 rings (SSSR count). The summed E-state index contributed by atoms with van der Waals surface area (Å²) in [5, 5.41) is 49.8. The number of aliphatic imine (C=N–C) groups is 1. The van der Waals surface area contributed by atoms with Gasteiger partial charge < -0.3 is 90.6 Å². The number of amides is 11. The zero-order valence-corrected chi connectivity index (χ0v) is 54.8. The first-order chi connectivity index (χ1) is 43.0. The molecule has 1 heterocycles. The number of aliphatic hydroxyl groups excluding tert-OH is 2.